The monoisotopic (exact) mass is 1200 g/mol. The lowest BCUT2D eigenvalue weighted by molar-refractivity contribution is -0.161. The van der Waals surface area contributed by atoms with Gasteiger partial charge < -0.3 is 14.6 Å². The molecule has 0 aromatic heterocycles. The average Bonchev–Trinajstić information content (AvgIpc) is 3.56. The first-order valence-electron chi connectivity index (χ1n) is 35.3. The summed E-state index contributed by atoms with van der Waals surface area (Å²) in [4.78, 5) is 24.7. The van der Waals surface area contributed by atoms with Crippen LogP contribution in [0, 0.1) is 0 Å². The maximum Gasteiger partial charge on any atom is 0.306 e. The van der Waals surface area contributed by atoms with E-state index in [1.807, 2.05) is 0 Å². The van der Waals surface area contributed by atoms with Crippen LogP contribution in [0.2, 0.25) is 0 Å². The zero-order valence-corrected chi connectivity index (χ0v) is 56.1. The van der Waals surface area contributed by atoms with Gasteiger partial charge in [-0.15, -0.1) is 0 Å². The highest BCUT2D eigenvalue weighted by Crippen LogP contribution is 2.15. The minimum Gasteiger partial charge on any atom is -0.462 e. The number of carbonyl (C=O) groups is 2. The first kappa shape index (κ1) is 82.2. The number of hydrogen-bond acceptors (Lipinski definition) is 5. The number of aliphatic hydroxyl groups is 1. The molecule has 0 fully saturated rings. The molecule has 0 aliphatic carbocycles. The molecule has 1 atom stereocenters. The molecule has 0 aromatic carbocycles. The van der Waals surface area contributed by atoms with Crippen LogP contribution in [0.5, 0.6) is 0 Å². The van der Waals surface area contributed by atoms with Gasteiger partial charge in [-0.3, -0.25) is 9.59 Å². The predicted molar refractivity (Wildman–Crippen MR) is 388 cm³/mol. The number of hydrogen-bond donors (Lipinski definition) is 1. The van der Waals surface area contributed by atoms with Crippen LogP contribution in [0.4, 0.5) is 0 Å². The van der Waals surface area contributed by atoms with Crippen molar-refractivity contribution in [1.82, 2.24) is 0 Å². The number of allylic oxidation sites excluding steroid dienone is 36. The second-order valence-electron chi connectivity index (χ2n) is 22.5. The Morgan fingerprint density at radius 2 is 0.455 bits per heavy atom. The van der Waals surface area contributed by atoms with E-state index in [4.69, 9.17) is 9.47 Å². The van der Waals surface area contributed by atoms with Crippen molar-refractivity contribution < 1.29 is 24.2 Å². The molecule has 1 unspecified atom stereocenters. The molecule has 5 nitrogen and oxygen atoms in total. The summed E-state index contributed by atoms with van der Waals surface area (Å²) in [5.41, 5.74) is 0. The van der Waals surface area contributed by atoms with Gasteiger partial charge in [0, 0.05) is 12.8 Å². The van der Waals surface area contributed by atoms with Gasteiger partial charge in [-0.25, -0.2) is 0 Å². The summed E-state index contributed by atoms with van der Waals surface area (Å²) < 4.78 is 10.7. The van der Waals surface area contributed by atoms with Crippen molar-refractivity contribution in [1.29, 1.82) is 0 Å². The number of ether oxygens (including phenoxy) is 2. The molecule has 0 rings (SSSR count). The Kier molecular flexibility index (Phi) is 70.5. The molecule has 0 heterocycles. The smallest absolute Gasteiger partial charge is 0.306 e. The summed E-state index contributed by atoms with van der Waals surface area (Å²) in [5, 5.41) is 9.71. The van der Waals surface area contributed by atoms with Crippen molar-refractivity contribution >= 4 is 11.9 Å². The zero-order valence-electron chi connectivity index (χ0n) is 56.1. The van der Waals surface area contributed by atoms with Crippen LogP contribution in [0.3, 0.4) is 0 Å². The van der Waals surface area contributed by atoms with Crippen LogP contribution >= 0.6 is 0 Å². The van der Waals surface area contributed by atoms with Crippen molar-refractivity contribution in [2.45, 2.75) is 277 Å². The van der Waals surface area contributed by atoms with Crippen LogP contribution < -0.4 is 0 Å². The lowest BCUT2D eigenvalue weighted by Gasteiger charge is -2.15. The van der Waals surface area contributed by atoms with Crippen molar-refractivity contribution in [2.75, 3.05) is 13.2 Å². The van der Waals surface area contributed by atoms with E-state index in [0.29, 0.717) is 12.8 Å². The molecule has 0 saturated carbocycles. The van der Waals surface area contributed by atoms with Gasteiger partial charge in [0.05, 0.1) is 6.61 Å². The summed E-state index contributed by atoms with van der Waals surface area (Å²) in [6.45, 7) is 3.89. The summed E-state index contributed by atoms with van der Waals surface area (Å²) in [5.74, 6) is -0.619. The van der Waals surface area contributed by atoms with Gasteiger partial charge in [0.2, 0.25) is 0 Å². The van der Waals surface area contributed by atoms with E-state index in [1.54, 1.807) is 0 Å². The van der Waals surface area contributed by atoms with E-state index in [-0.39, 0.29) is 25.2 Å². The highest BCUT2D eigenvalue weighted by molar-refractivity contribution is 5.70. The number of carbonyl (C=O) groups excluding carboxylic acids is 2. The molecule has 0 aliphatic heterocycles. The molecule has 0 spiro atoms. The molecule has 0 aromatic rings. The van der Waals surface area contributed by atoms with Gasteiger partial charge in [0.1, 0.15) is 6.61 Å². The molecule has 0 amide bonds. The molecular weight excluding hydrogens is 1080 g/mol. The Labute approximate surface area is 542 Å². The fourth-order valence-electron chi connectivity index (χ4n) is 9.07. The third kappa shape index (κ3) is 72.7. The Hall–Kier alpha value is -5.78. The SMILES string of the molecule is CC/C=C\C/C=C\C/C=C\C/C=C\C/C=C\C/C=C\C/C=C\C/C=C\C/C=C\C/C=C\C/C=C\CCCCCCCCCC(=O)OC(CO)COC(=O)CCCCCCCCCCCCC/C=C\C/C=C\C/C=C\C/C=C\C/C=C\C/C=C\C/C=C\CC. The lowest BCUT2D eigenvalue weighted by atomic mass is 10.0. The maximum atomic E-state index is 12.4. The van der Waals surface area contributed by atoms with Gasteiger partial charge >= 0.3 is 11.9 Å². The first-order chi connectivity index (χ1) is 43.6. The minimum absolute atomic E-state index is 0.0852. The van der Waals surface area contributed by atoms with Crippen LogP contribution in [-0.2, 0) is 19.1 Å². The third-order valence-corrected chi connectivity index (χ3v) is 14.3. The topological polar surface area (TPSA) is 72.8 Å². The van der Waals surface area contributed by atoms with Gasteiger partial charge in [-0.05, 0) is 154 Å². The molecule has 0 aliphatic rings. The molecule has 5 heteroatoms. The summed E-state index contributed by atoms with van der Waals surface area (Å²) in [6.07, 6.45) is 122. The first-order valence-corrected chi connectivity index (χ1v) is 35.3. The van der Waals surface area contributed by atoms with Crippen molar-refractivity contribution in [3.05, 3.63) is 219 Å². The molecule has 1 N–H and O–H groups in total. The van der Waals surface area contributed by atoms with Crippen LogP contribution in [-0.4, -0.2) is 36.4 Å². The van der Waals surface area contributed by atoms with Crippen LogP contribution in [0.25, 0.3) is 0 Å². The standard InChI is InChI=1S/C83H128O5/c1-3-5-7-9-11-13-15-17-19-21-23-25-27-29-31-33-35-37-38-39-40-41-42-43-44-46-48-50-52-54-56-58-60-62-64-66-68-70-72-74-76-78-83(86)88-81(79-84)80-87-82(85)77-75-73-71-69-67-65-63-61-59-57-55-53-51-49-47-45-36-34-32-30-28-26-24-22-20-18-16-14-12-10-8-6-4-2/h5-8,11-14,17-20,23-26,29-32,35-37,39-40,42-43,45-46,48-49,51-52,54,58,60,81,84H,3-4,9-10,15-16,21-22,27-28,33-34,38,41,44,47,50,53,55-57,59,61-80H2,1-2H3/b7-5-,8-6-,13-11-,14-12-,19-17-,20-18-,25-23-,26-24-,31-29-,32-30-,37-35-,40-39-,43-42-,45-36-,48-46-,51-49-,54-52-,60-58-. The van der Waals surface area contributed by atoms with E-state index in [0.717, 1.165) is 161 Å². The van der Waals surface area contributed by atoms with Gasteiger partial charge in [-0.1, -0.05) is 322 Å². The van der Waals surface area contributed by atoms with Crippen LogP contribution in [0.1, 0.15) is 271 Å². The minimum atomic E-state index is -0.798. The second-order valence-corrected chi connectivity index (χ2v) is 22.5. The number of rotatable bonds is 62. The molecular formula is C83H128O5. The largest absolute Gasteiger partial charge is 0.462 e. The summed E-state index contributed by atoms with van der Waals surface area (Å²) in [6, 6.07) is 0. The van der Waals surface area contributed by atoms with Gasteiger partial charge in [0.25, 0.3) is 0 Å². The lowest BCUT2D eigenvalue weighted by Crippen LogP contribution is -2.28. The fraction of sp³-hybridized carbons (Fsp3) is 0.542. The number of esters is 2. The predicted octanol–water partition coefficient (Wildman–Crippen LogP) is 25.1. The Bertz CT molecular complexity index is 2100. The summed E-state index contributed by atoms with van der Waals surface area (Å²) >= 11 is 0. The van der Waals surface area contributed by atoms with Crippen molar-refractivity contribution in [2.24, 2.45) is 0 Å². The number of unbranched alkanes of at least 4 members (excludes halogenated alkanes) is 18. The average molecular weight is 1210 g/mol. The molecule has 0 bridgehead atoms. The van der Waals surface area contributed by atoms with Crippen molar-refractivity contribution in [3.63, 3.8) is 0 Å². The van der Waals surface area contributed by atoms with E-state index in [1.165, 1.54) is 83.5 Å². The number of aliphatic hydroxyl groups excluding tert-OH is 1. The fourth-order valence-corrected chi connectivity index (χ4v) is 9.07. The van der Waals surface area contributed by atoms with E-state index >= 15 is 0 Å². The molecule has 88 heavy (non-hydrogen) atoms. The normalized spacial score (nSPS) is 13.6. The summed E-state index contributed by atoms with van der Waals surface area (Å²) in [7, 11) is 0. The Morgan fingerprint density at radius 1 is 0.261 bits per heavy atom. The molecule has 0 saturated heterocycles. The molecule has 490 valence electrons. The van der Waals surface area contributed by atoms with E-state index < -0.39 is 6.10 Å². The van der Waals surface area contributed by atoms with Gasteiger partial charge in [0.15, 0.2) is 6.10 Å². The highest BCUT2D eigenvalue weighted by Gasteiger charge is 2.16. The third-order valence-electron chi connectivity index (χ3n) is 14.3. The zero-order chi connectivity index (χ0) is 63.3. The van der Waals surface area contributed by atoms with E-state index in [2.05, 4.69) is 233 Å². The Balaban J connectivity index is 3.62. The Morgan fingerprint density at radius 3 is 0.682 bits per heavy atom. The van der Waals surface area contributed by atoms with Crippen LogP contribution in [0.15, 0.2) is 219 Å². The second kappa shape index (κ2) is 75.5. The highest BCUT2D eigenvalue weighted by atomic mass is 16.6. The maximum absolute atomic E-state index is 12.4. The van der Waals surface area contributed by atoms with E-state index in [9.17, 15) is 14.7 Å². The van der Waals surface area contributed by atoms with Crippen molar-refractivity contribution in [3.8, 4) is 0 Å². The molecule has 0 radical (unpaired) electrons. The van der Waals surface area contributed by atoms with Gasteiger partial charge in [-0.2, -0.15) is 0 Å². The quantitative estimate of drug-likeness (QED) is 0.0373.